The highest BCUT2D eigenvalue weighted by Gasteiger charge is 1.99. The standard InChI is InChI=1S/C16H18N2O/c1-12(19)15-6-8-16(9-7-15)18-11-14-4-2-13(10-17)3-5-14/h2-9,18H,10-11,17H2,1H3. The molecule has 2 aromatic rings. The Morgan fingerprint density at radius 1 is 1.00 bits per heavy atom. The van der Waals surface area contributed by atoms with E-state index in [-0.39, 0.29) is 5.78 Å². The van der Waals surface area contributed by atoms with E-state index in [1.165, 1.54) is 5.56 Å². The van der Waals surface area contributed by atoms with Crippen molar-refractivity contribution in [2.24, 2.45) is 5.73 Å². The molecule has 0 radical (unpaired) electrons. The summed E-state index contributed by atoms with van der Waals surface area (Å²) in [5.41, 5.74) is 9.64. The number of nitrogens with one attached hydrogen (secondary N) is 1. The molecule has 98 valence electrons. The topological polar surface area (TPSA) is 55.1 Å². The van der Waals surface area contributed by atoms with Crippen LogP contribution in [-0.2, 0) is 13.1 Å². The first-order chi connectivity index (χ1) is 9.19. The average Bonchev–Trinajstić information content (AvgIpc) is 2.46. The van der Waals surface area contributed by atoms with Crippen molar-refractivity contribution < 1.29 is 4.79 Å². The molecule has 0 atom stereocenters. The van der Waals surface area contributed by atoms with Crippen LogP contribution >= 0.6 is 0 Å². The Hall–Kier alpha value is -2.13. The van der Waals surface area contributed by atoms with Crippen molar-refractivity contribution in [1.82, 2.24) is 0 Å². The molecule has 0 spiro atoms. The van der Waals surface area contributed by atoms with Gasteiger partial charge in [-0.3, -0.25) is 4.79 Å². The summed E-state index contributed by atoms with van der Waals surface area (Å²) in [5.74, 6) is 0.0870. The van der Waals surface area contributed by atoms with E-state index in [9.17, 15) is 4.79 Å². The Kier molecular flexibility index (Phi) is 4.31. The zero-order valence-electron chi connectivity index (χ0n) is 11.0. The molecule has 3 nitrogen and oxygen atoms in total. The van der Waals surface area contributed by atoms with Gasteiger partial charge in [0.1, 0.15) is 0 Å². The second-order valence-corrected chi connectivity index (χ2v) is 4.51. The van der Waals surface area contributed by atoms with Crippen LogP contribution in [0.3, 0.4) is 0 Å². The van der Waals surface area contributed by atoms with Crippen molar-refractivity contribution in [3.63, 3.8) is 0 Å². The Morgan fingerprint density at radius 2 is 1.58 bits per heavy atom. The van der Waals surface area contributed by atoms with Crippen molar-refractivity contribution in [2.45, 2.75) is 20.0 Å². The summed E-state index contributed by atoms with van der Waals surface area (Å²) in [7, 11) is 0. The van der Waals surface area contributed by atoms with Gasteiger partial charge >= 0.3 is 0 Å². The molecule has 2 rings (SSSR count). The molecule has 0 saturated carbocycles. The third-order valence-corrected chi connectivity index (χ3v) is 3.05. The smallest absolute Gasteiger partial charge is 0.159 e. The normalized spacial score (nSPS) is 10.2. The SMILES string of the molecule is CC(=O)c1ccc(NCc2ccc(CN)cc2)cc1. The van der Waals surface area contributed by atoms with Crippen molar-refractivity contribution >= 4 is 11.5 Å². The van der Waals surface area contributed by atoms with Gasteiger partial charge in [0.25, 0.3) is 0 Å². The van der Waals surface area contributed by atoms with Crippen LogP contribution in [0.4, 0.5) is 5.69 Å². The first-order valence-electron chi connectivity index (χ1n) is 6.32. The van der Waals surface area contributed by atoms with E-state index < -0.39 is 0 Å². The van der Waals surface area contributed by atoms with Gasteiger partial charge in [-0.15, -0.1) is 0 Å². The van der Waals surface area contributed by atoms with Gasteiger partial charge in [0.2, 0.25) is 0 Å². The summed E-state index contributed by atoms with van der Waals surface area (Å²) in [6.45, 7) is 2.89. The number of carbonyl (C=O) groups is 1. The number of rotatable bonds is 5. The zero-order chi connectivity index (χ0) is 13.7. The van der Waals surface area contributed by atoms with Gasteiger partial charge in [-0.1, -0.05) is 24.3 Å². The summed E-state index contributed by atoms with van der Waals surface area (Å²) in [4.78, 5) is 11.2. The van der Waals surface area contributed by atoms with E-state index in [4.69, 9.17) is 5.73 Å². The molecule has 0 bridgehead atoms. The van der Waals surface area contributed by atoms with Crippen molar-refractivity contribution in [3.8, 4) is 0 Å². The molecular formula is C16H18N2O. The lowest BCUT2D eigenvalue weighted by Crippen LogP contribution is -2.01. The predicted octanol–water partition coefficient (Wildman–Crippen LogP) is 2.96. The maximum Gasteiger partial charge on any atom is 0.159 e. The summed E-state index contributed by atoms with van der Waals surface area (Å²) in [5, 5.41) is 3.32. The minimum absolute atomic E-state index is 0.0870. The second-order valence-electron chi connectivity index (χ2n) is 4.51. The molecule has 3 N–H and O–H groups in total. The molecule has 0 aliphatic rings. The fourth-order valence-electron chi connectivity index (χ4n) is 1.82. The van der Waals surface area contributed by atoms with Crippen LogP contribution in [-0.4, -0.2) is 5.78 Å². The number of carbonyl (C=O) groups excluding carboxylic acids is 1. The number of ketones is 1. The van der Waals surface area contributed by atoms with E-state index >= 15 is 0 Å². The molecule has 0 aliphatic heterocycles. The zero-order valence-corrected chi connectivity index (χ0v) is 11.0. The monoisotopic (exact) mass is 254 g/mol. The summed E-state index contributed by atoms with van der Waals surface area (Å²) in [6, 6.07) is 15.7. The van der Waals surface area contributed by atoms with Crippen molar-refractivity contribution in [2.75, 3.05) is 5.32 Å². The third kappa shape index (κ3) is 3.66. The maximum absolute atomic E-state index is 11.2. The predicted molar refractivity (Wildman–Crippen MR) is 78.1 cm³/mol. The number of hydrogen-bond donors (Lipinski definition) is 2. The van der Waals surface area contributed by atoms with Gasteiger partial charge in [-0.25, -0.2) is 0 Å². The fraction of sp³-hybridized carbons (Fsp3) is 0.188. The number of benzene rings is 2. The van der Waals surface area contributed by atoms with Crippen LogP contribution in [0.25, 0.3) is 0 Å². The number of anilines is 1. The lowest BCUT2D eigenvalue weighted by atomic mass is 10.1. The summed E-state index contributed by atoms with van der Waals surface area (Å²) >= 11 is 0. The highest BCUT2D eigenvalue weighted by atomic mass is 16.1. The first-order valence-corrected chi connectivity index (χ1v) is 6.32. The molecule has 0 aliphatic carbocycles. The minimum Gasteiger partial charge on any atom is -0.381 e. The van der Waals surface area contributed by atoms with E-state index in [2.05, 4.69) is 17.4 Å². The van der Waals surface area contributed by atoms with E-state index in [1.54, 1.807) is 6.92 Å². The molecular weight excluding hydrogens is 236 g/mol. The van der Waals surface area contributed by atoms with Crippen LogP contribution in [0, 0.1) is 0 Å². The highest BCUT2D eigenvalue weighted by molar-refractivity contribution is 5.94. The largest absolute Gasteiger partial charge is 0.381 e. The quantitative estimate of drug-likeness (QED) is 0.806. The van der Waals surface area contributed by atoms with Crippen LogP contribution in [0.15, 0.2) is 48.5 Å². The Balaban J connectivity index is 1.95. The van der Waals surface area contributed by atoms with Gasteiger partial charge in [-0.2, -0.15) is 0 Å². The molecule has 19 heavy (non-hydrogen) atoms. The van der Waals surface area contributed by atoms with Crippen molar-refractivity contribution in [3.05, 3.63) is 65.2 Å². The van der Waals surface area contributed by atoms with E-state index in [0.29, 0.717) is 6.54 Å². The Labute approximate surface area is 113 Å². The Morgan fingerprint density at radius 3 is 2.11 bits per heavy atom. The summed E-state index contributed by atoms with van der Waals surface area (Å²) in [6.07, 6.45) is 0. The first kappa shape index (κ1) is 13.3. The average molecular weight is 254 g/mol. The molecule has 2 aromatic carbocycles. The van der Waals surface area contributed by atoms with Gasteiger partial charge in [0.05, 0.1) is 0 Å². The molecule has 0 heterocycles. The molecule has 0 unspecified atom stereocenters. The maximum atomic E-state index is 11.2. The third-order valence-electron chi connectivity index (χ3n) is 3.05. The van der Waals surface area contributed by atoms with Gasteiger partial charge in [0, 0.05) is 24.3 Å². The number of nitrogens with two attached hydrogens (primary N) is 1. The number of Topliss-reactive ketones (excluding diaryl/α,β-unsaturated/α-hetero) is 1. The summed E-state index contributed by atoms with van der Waals surface area (Å²) < 4.78 is 0. The second kappa shape index (κ2) is 6.16. The highest BCUT2D eigenvalue weighted by Crippen LogP contribution is 2.12. The molecule has 0 aromatic heterocycles. The van der Waals surface area contributed by atoms with E-state index in [1.807, 2.05) is 36.4 Å². The molecule has 0 saturated heterocycles. The van der Waals surface area contributed by atoms with Gasteiger partial charge in [-0.05, 0) is 42.3 Å². The van der Waals surface area contributed by atoms with Crippen LogP contribution in [0.1, 0.15) is 28.4 Å². The fourth-order valence-corrected chi connectivity index (χ4v) is 1.82. The minimum atomic E-state index is 0.0870. The van der Waals surface area contributed by atoms with Crippen LogP contribution < -0.4 is 11.1 Å². The van der Waals surface area contributed by atoms with Gasteiger partial charge < -0.3 is 11.1 Å². The van der Waals surface area contributed by atoms with Gasteiger partial charge in [0.15, 0.2) is 5.78 Å². The lowest BCUT2D eigenvalue weighted by Gasteiger charge is -2.07. The van der Waals surface area contributed by atoms with Crippen molar-refractivity contribution in [1.29, 1.82) is 0 Å². The molecule has 0 amide bonds. The number of hydrogen-bond acceptors (Lipinski definition) is 3. The van der Waals surface area contributed by atoms with E-state index in [0.717, 1.165) is 23.4 Å². The molecule has 0 fully saturated rings. The Bertz CT molecular complexity index is 544. The van der Waals surface area contributed by atoms with Crippen LogP contribution in [0.2, 0.25) is 0 Å². The molecule has 3 heteroatoms. The van der Waals surface area contributed by atoms with Crippen LogP contribution in [0.5, 0.6) is 0 Å². The lowest BCUT2D eigenvalue weighted by molar-refractivity contribution is 0.101.